The molecule has 118 valence electrons. The predicted molar refractivity (Wildman–Crippen MR) is 102 cm³/mol. The van der Waals surface area contributed by atoms with Gasteiger partial charge in [0.05, 0.1) is 0 Å². The van der Waals surface area contributed by atoms with Gasteiger partial charge in [-0.1, -0.05) is 85.7 Å². The third-order valence-electron chi connectivity index (χ3n) is 3.73. The van der Waals surface area contributed by atoms with Gasteiger partial charge in [-0.15, -0.1) is 0 Å². The van der Waals surface area contributed by atoms with E-state index in [1.807, 2.05) is 0 Å². The van der Waals surface area contributed by atoms with Gasteiger partial charge in [-0.25, -0.2) is 0 Å². The van der Waals surface area contributed by atoms with Gasteiger partial charge in [-0.2, -0.15) is 0 Å². The topological polar surface area (TPSA) is 0 Å². The molecule has 0 saturated carbocycles. The van der Waals surface area contributed by atoms with Crippen LogP contribution in [-0.4, -0.2) is 0 Å². The van der Waals surface area contributed by atoms with E-state index in [4.69, 9.17) is 11.2 Å². The molecule has 21 heavy (non-hydrogen) atoms. The Morgan fingerprint density at radius 3 is 1.33 bits per heavy atom. The molecule has 0 saturated heterocycles. The van der Waals surface area contributed by atoms with Crippen LogP contribution < -0.4 is 5.30 Å². The minimum atomic E-state index is 0.130. The molecule has 0 radical (unpaired) electrons. The van der Waals surface area contributed by atoms with E-state index in [0.29, 0.717) is 0 Å². The number of benzene rings is 1. The lowest BCUT2D eigenvalue weighted by molar-refractivity contribution is 0.554. The molecule has 0 heterocycles. The first-order valence-electron chi connectivity index (χ1n) is 7.50. The number of halogens is 1. The second kappa shape index (κ2) is 6.31. The van der Waals surface area contributed by atoms with Crippen LogP contribution in [-0.2, 0) is 16.2 Å². The zero-order chi connectivity index (χ0) is 16.6. The van der Waals surface area contributed by atoms with Crippen LogP contribution in [0.3, 0.4) is 0 Å². The molecule has 0 aliphatic carbocycles. The molecule has 0 atom stereocenters. The molecular formula is C18H29ClP2. The van der Waals surface area contributed by atoms with Crippen molar-refractivity contribution in [2.75, 3.05) is 0 Å². The quantitative estimate of drug-likeness (QED) is 0.475. The lowest BCUT2D eigenvalue weighted by atomic mass is 9.75. The molecule has 0 aliphatic heterocycles. The van der Waals surface area contributed by atoms with Gasteiger partial charge in [0.1, 0.15) is 0 Å². The standard InChI is InChI=1S/C18H29ClP2/c1-16(2,3)12-10-13(17(4,5)6)15(20-21-19)14(11-12)18(7,8)9/h10-11H,1-9H3. The Hall–Kier alpha value is 0.110. The predicted octanol–water partition coefficient (Wildman–Crippen LogP) is 7.17. The highest BCUT2D eigenvalue weighted by atomic mass is 35.7. The maximum Gasteiger partial charge on any atom is 0.0385 e. The summed E-state index contributed by atoms with van der Waals surface area (Å²) in [5, 5.41) is 1.42. The summed E-state index contributed by atoms with van der Waals surface area (Å²) in [5.41, 5.74) is 4.72. The minimum Gasteiger partial charge on any atom is -0.0561 e. The summed E-state index contributed by atoms with van der Waals surface area (Å²) in [6.45, 7) is 20.7. The zero-order valence-electron chi connectivity index (χ0n) is 14.9. The molecule has 1 aromatic rings. The SMILES string of the molecule is CC(C)(C)c1cc(C(C)(C)C)c(P=PCl)c(C(C)(C)C)c1. The first kappa shape index (κ1) is 19.2. The van der Waals surface area contributed by atoms with Crippen molar-refractivity contribution in [2.24, 2.45) is 0 Å². The smallest absolute Gasteiger partial charge is 0.0385 e. The molecule has 0 aliphatic rings. The fourth-order valence-electron chi connectivity index (χ4n) is 2.36. The average Bonchev–Trinajstić information content (AvgIpc) is 2.24. The average molecular weight is 343 g/mol. The van der Waals surface area contributed by atoms with Crippen LogP contribution >= 0.6 is 26.3 Å². The van der Waals surface area contributed by atoms with E-state index in [1.165, 1.54) is 29.9 Å². The fourth-order valence-corrected chi connectivity index (χ4v) is 5.00. The van der Waals surface area contributed by atoms with Crippen molar-refractivity contribution in [1.29, 1.82) is 0 Å². The normalized spacial score (nSPS) is 14.0. The van der Waals surface area contributed by atoms with E-state index in [2.05, 4.69) is 74.4 Å². The molecule has 0 unspecified atom stereocenters. The van der Waals surface area contributed by atoms with Gasteiger partial charge in [0.15, 0.2) is 0 Å². The second-order valence-corrected chi connectivity index (χ2v) is 12.1. The van der Waals surface area contributed by atoms with Crippen LogP contribution in [0.25, 0.3) is 0 Å². The van der Waals surface area contributed by atoms with Crippen molar-refractivity contribution in [1.82, 2.24) is 0 Å². The Labute approximate surface area is 139 Å². The molecule has 0 spiro atoms. The summed E-state index contributed by atoms with van der Waals surface area (Å²) in [5.74, 6) is 0. The highest BCUT2D eigenvalue weighted by Crippen LogP contribution is 2.37. The molecule has 0 fully saturated rings. The van der Waals surface area contributed by atoms with Gasteiger partial charge in [-0.3, -0.25) is 0 Å². The van der Waals surface area contributed by atoms with Gasteiger partial charge in [0.2, 0.25) is 0 Å². The third-order valence-corrected chi connectivity index (χ3v) is 5.99. The lowest BCUT2D eigenvalue weighted by Crippen LogP contribution is -2.29. The Balaban J connectivity index is 3.84. The van der Waals surface area contributed by atoms with E-state index in [-0.39, 0.29) is 16.2 Å². The van der Waals surface area contributed by atoms with Crippen molar-refractivity contribution in [3.8, 4) is 0 Å². The zero-order valence-corrected chi connectivity index (χ0v) is 17.5. The minimum absolute atomic E-state index is 0.130. The van der Waals surface area contributed by atoms with Gasteiger partial charge < -0.3 is 0 Å². The molecule has 0 N–H and O–H groups in total. The molecular weight excluding hydrogens is 314 g/mol. The van der Waals surface area contributed by atoms with Gasteiger partial charge in [0, 0.05) is 12.5 Å². The summed E-state index contributed by atoms with van der Waals surface area (Å²) < 4.78 is 0. The molecule has 0 aromatic heterocycles. The van der Waals surface area contributed by atoms with Crippen LogP contribution in [0.4, 0.5) is 0 Å². The van der Waals surface area contributed by atoms with Gasteiger partial charge in [0.25, 0.3) is 0 Å². The Morgan fingerprint density at radius 2 is 1.10 bits per heavy atom. The highest BCUT2D eigenvalue weighted by molar-refractivity contribution is 8.00. The molecule has 3 heteroatoms. The largest absolute Gasteiger partial charge is 0.0561 e. The molecule has 0 amide bonds. The molecule has 1 aromatic carbocycles. The van der Waals surface area contributed by atoms with Crippen molar-refractivity contribution in [3.63, 3.8) is 0 Å². The van der Waals surface area contributed by atoms with Crippen LogP contribution in [0.15, 0.2) is 12.1 Å². The van der Waals surface area contributed by atoms with Gasteiger partial charge >= 0.3 is 0 Å². The molecule has 1 rings (SSSR count). The first-order valence-corrected chi connectivity index (χ1v) is 10.9. The maximum atomic E-state index is 6.07. The van der Waals surface area contributed by atoms with E-state index in [9.17, 15) is 0 Å². The Kier molecular flexibility index (Phi) is 5.76. The van der Waals surface area contributed by atoms with E-state index >= 15 is 0 Å². The molecule has 0 nitrogen and oxygen atoms in total. The Bertz CT molecular complexity index is 503. The van der Waals surface area contributed by atoms with Crippen molar-refractivity contribution in [3.05, 3.63) is 28.8 Å². The second-order valence-electron chi connectivity index (χ2n) is 8.85. The van der Waals surface area contributed by atoms with Crippen LogP contribution in [0.1, 0.15) is 79.0 Å². The summed E-state index contributed by atoms with van der Waals surface area (Å²) in [4.78, 5) is 0. The van der Waals surface area contributed by atoms with Crippen molar-refractivity contribution in [2.45, 2.75) is 78.6 Å². The van der Waals surface area contributed by atoms with Crippen LogP contribution in [0, 0.1) is 0 Å². The lowest BCUT2D eigenvalue weighted by Gasteiger charge is -2.32. The third kappa shape index (κ3) is 4.79. The first-order chi connectivity index (χ1) is 9.28. The van der Waals surface area contributed by atoms with Crippen molar-refractivity contribution >= 4 is 31.6 Å². The van der Waals surface area contributed by atoms with Crippen molar-refractivity contribution < 1.29 is 0 Å². The number of rotatable bonds is 1. The van der Waals surface area contributed by atoms with Gasteiger partial charge in [-0.05, 0) is 40.8 Å². The van der Waals surface area contributed by atoms with Crippen LogP contribution in [0.2, 0.25) is 0 Å². The monoisotopic (exact) mass is 342 g/mol. The summed E-state index contributed by atoms with van der Waals surface area (Å²) in [6, 6.07) is 4.80. The van der Waals surface area contributed by atoms with E-state index in [0.717, 1.165) is 7.22 Å². The van der Waals surface area contributed by atoms with E-state index < -0.39 is 0 Å². The summed E-state index contributed by atoms with van der Waals surface area (Å²) >= 11 is 6.07. The highest BCUT2D eigenvalue weighted by Gasteiger charge is 2.28. The van der Waals surface area contributed by atoms with Crippen LogP contribution in [0.5, 0.6) is 0 Å². The van der Waals surface area contributed by atoms with E-state index in [1.54, 1.807) is 0 Å². The Morgan fingerprint density at radius 1 is 0.714 bits per heavy atom. The number of hydrogen-bond donors (Lipinski definition) is 0. The fraction of sp³-hybridized carbons (Fsp3) is 0.667. The molecule has 0 bridgehead atoms. The maximum absolute atomic E-state index is 6.07. The summed E-state index contributed by atoms with van der Waals surface area (Å²) in [7, 11) is 2.09. The summed E-state index contributed by atoms with van der Waals surface area (Å²) in [6.07, 6.45) is 0. The number of hydrogen-bond acceptors (Lipinski definition) is 0.